The molecule has 28 heavy (non-hydrogen) atoms. The molecule has 0 radical (unpaired) electrons. The molecule has 1 amide bonds. The first kappa shape index (κ1) is 17.9. The normalized spacial score (nSPS) is 12.1. The number of benzene rings is 2. The summed E-state index contributed by atoms with van der Waals surface area (Å²) in [6.07, 6.45) is 1.63. The third-order valence-electron chi connectivity index (χ3n) is 4.50. The van der Waals surface area contributed by atoms with Crippen LogP contribution in [0.25, 0.3) is 0 Å². The number of fused-ring (bicyclic) bond motifs is 1. The van der Waals surface area contributed by atoms with Crippen LogP contribution in [0.5, 0.6) is 11.5 Å². The van der Waals surface area contributed by atoms with Gasteiger partial charge in [-0.2, -0.15) is 0 Å². The first-order chi connectivity index (χ1) is 13.6. The molecule has 142 valence electrons. The molecule has 3 aromatic rings. The largest absolute Gasteiger partial charge is 0.454 e. The van der Waals surface area contributed by atoms with E-state index < -0.39 is 0 Å². The number of anilines is 3. The summed E-state index contributed by atoms with van der Waals surface area (Å²) in [5, 5.41) is 6.18. The maximum Gasteiger partial charge on any atom is 0.255 e. The van der Waals surface area contributed by atoms with Crippen LogP contribution in [0.15, 0.2) is 60.8 Å². The van der Waals surface area contributed by atoms with E-state index in [1.54, 1.807) is 24.4 Å². The molecule has 0 saturated heterocycles. The summed E-state index contributed by atoms with van der Waals surface area (Å²) < 4.78 is 10.6. The fourth-order valence-corrected chi connectivity index (χ4v) is 3.04. The van der Waals surface area contributed by atoms with Crippen LogP contribution in [0.3, 0.4) is 0 Å². The van der Waals surface area contributed by atoms with E-state index >= 15 is 0 Å². The molecular formula is C22H21N3O3. The monoisotopic (exact) mass is 375 g/mol. The summed E-state index contributed by atoms with van der Waals surface area (Å²) in [4.78, 5) is 16.9. The molecule has 6 heteroatoms. The van der Waals surface area contributed by atoms with E-state index in [1.165, 1.54) is 5.56 Å². The van der Waals surface area contributed by atoms with Crippen LogP contribution in [0.2, 0.25) is 0 Å². The number of hydrogen-bond acceptors (Lipinski definition) is 5. The quantitative estimate of drug-likeness (QED) is 0.661. The van der Waals surface area contributed by atoms with Gasteiger partial charge in [0.25, 0.3) is 5.91 Å². The molecule has 0 unspecified atom stereocenters. The molecule has 0 spiro atoms. The predicted molar refractivity (Wildman–Crippen MR) is 109 cm³/mol. The molecule has 2 heterocycles. The van der Waals surface area contributed by atoms with Crippen LogP contribution in [0, 0.1) is 0 Å². The van der Waals surface area contributed by atoms with Gasteiger partial charge in [-0.3, -0.25) is 4.79 Å². The number of amides is 1. The lowest BCUT2D eigenvalue weighted by atomic mass is 10.0. The lowest BCUT2D eigenvalue weighted by Crippen LogP contribution is -2.12. The Morgan fingerprint density at radius 3 is 2.64 bits per heavy atom. The van der Waals surface area contributed by atoms with E-state index in [2.05, 4.69) is 35.5 Å². The third kappa shape index (κ3) is 3.76. The van der Waals surface area contributed by atoms with Crippen molar-refractivity contribution in [2.45, 2.75) is 19.8 Å². The predicted octanol–water partition coefficient (Wildman–Crippen LogP) is 4.93. The number of carbonyl (C=O) groups is 1. The molecule has 0 atom stereocenters. The highest BCUT2D eigenvalue weighted by Crippen LogP contribution is 2.32. The summed E-state index contributed by atoms with van der Waals surface area (Å²) >= 11 is 0. The van der Waals surface area contributed by atoms with Crippen molar-refractivity contribution in [1.82, 2.24) is 4.98 Å². The van der Waals surface area contributed by atoms with E-state index in [0.29, 0.717) is 34.5 Å². The van der Waals surface area contributed by atoms with Crippen molar-refractivity contribution in [1.29, 1.82) is 0 Å². The Bertz CT molecular complexity index is 1000. The molecule has 0 bridgehead atoms. The number of ether oxygens (including phenoxy) is 2. The van der Waals surface area contributed by atoms with Gasteiger partial charge in [0.15, 0.2) is 11.5 Å². The summed E-state index contributed by atoms with van der Waals surface area (Å²) in [6, 6.07) is 16.9. The minimum Gasteiger partial charge on any atom is -0.454 e. The Hall–Kier alpha value is -3.54. The Labute approximate surface area is 163 Å². The average Bonchev–Trinajstić information content (AvgIpc) is 3.17. The van der Waals surface area contributed by atoms with Crippen molar-refractivity contribution in [3.63, 3.8) is 0 Å². The van der Waals surface area contributed by atoms with Gasteiger partial charge in [0.1, 0.15) is 5.82 Å². The van der Waals surface area contributed by atoms with Gasteiger partial charge >= 0.3 is 0 Å². The fourth-order valence-electron chi connectivity index (χ4n) is 3.04. The second-order valence-electron chi connectivity index (χ2n) is 6.82. The highest BCUT2D eigenvalue weighted by Gasteiger charge is 2.16. The van der Waals surface area contributed by atoms with Crippen LogP contribution in [-0.2, 0) is 0 Å². The van der Waals surface area contributed by atoms with Crippen LogP contribution in [0.4, 0.5) is 17.2 Å². The van der Waals surface area contributed by atoms with Crippen LogP contribution in [-0.4, -0.2) is 17.7 Å². The number of pyridine rings is 1. The molecule has 1 aromatic heterocycles. The van der Waals surface area contributed by atoms with Crippen molar-refractivity contribution in [3.05, 3.63) is 71.9 Å². The summed E-state index contributed by atoms with van der Waals surface area (Å²) in [5.41, 5.74) is 3.37. The Kier molecular flexibility index (Phi) is 4.85. The molecule has 4 rings (SSSR count). The molecule has 1 aliphatic heterocycles. The molecule has 2 N–H and O–H groups in total. The van der Waals surface area contributed by atoms with Crippen LogP contribution < -0.4 is 20.1 Å². The van der Waals surface area contributed by atoms with Gasteiger partial charge in [0.05, 0.1) is 11.9 Å². The zero-order valence-corrected chi connectivity index (χ0v) is 15.7. The van der Waals surface area contributed by atoms with Gasteiger partial charge in [-0.1, -0.05) is 32.0 Å². The van der Waals surface area contributed by atoms with E-state index in [0.717, 1.165) is 5.69 Å². The number of aromatic nitrogens is 1. The number of rotatable bonds is 5. The molecule has 2 aromatic carbocycles. The van der Waals surface area contributed by atoms with Gasteiger partial charge < -0.3 is 20.1 Å². The smallest absolute Gasteiger partial charge is 0.255 e. The van der Waals surface area contributed by atoms with Crippen molar-refractivity contribution >= 4 is 23.1 Å². The number of carbonyl (C=O) groups excluding carboxylic acids is 1. The zero-order valence-electron chi connectivity index (χ0n) is 15.7. The molecular weight excluding hydrogens is 354 g/mol. The van der Waals surface area contributed by atoms with Crippen molar-refractivity contribution in [2.75, 3.05) is 17.4 Å². The number of hydrogen-bond donors (Lipinski definition) is 2. The van der Waals surface area contributed by atoms with Gasteiger partial charge in [-0.25, -0.2) is 4.98 Å². The number of para-hydroxylation sites is 1. The van der Waals surface area contributed by atoms with Crippen LogP contribution >= 0.6 is 0 Å². The standard InChI is InChI=1S/C22H21N3O3/c1-14(2)17-5-3-4-6-18(17)25-21-10-8-16(12-23-21)24-22(26)15-7-9-19-20(11-15)28-13-27-19/h3-12,14H,13H2,1-2H3,(H,23,25)(H,24,26). The van der Waals surface area contributed by atoms with Crippen molar-refractivity contribution in [2.24, 2.45) is 0 Å². The van der Waals surface area contributed by atoms with Gasteiger partial charge in [-0.05, 0) is 47.9 Å². The lowest BCUT2D eigenvalue weighted by Gasteiger charge is -2.14. The molecule has 6 nitrogen and oxygen atoms in total. The summed E-state index contributed by atoms with van der Waals surface area (Å²) in [7, 11) is 0. The summed E-state index contributed by atoms with van der Waals surface area (Å²) in [6.45, 7) is 4.49. The second-order valence-corrected chi connectivity index (χ2v) is 6.82. The third-order valence-corrected chi connectivity index (χ3v) is 4.50. The van der Waals surface area contributed by atoms with E-state index in [9.17, 15) is 4.79 Å². The highest BCUT2D eigenvalue weighted by atomic mass is 16.7. The maximum atomic E-state index is 12.5. The Balaban J connectivity index is 1.44. The number of nitrogens with zero attached hydrogens (tertiary/aromatic N) is 1. The van der Waals surface area contributed by atoms with E-state index in [1.807, 2.05) is 30.3 Å². The molecule has 0 aliphatic carbocycles. The Morgan fingerprint density at radius 1 is 1.04 bits per heavy atom. The van der Waals surface area contributed by atoms with Gasteiger partial charge in [0.2, 0.25) is 6.79 Å². The van der Waals surface area contributed by atoms with E-state index in [4.69, 9.17) is 9.47 Å². The second kappa shape index (κ2) is 7.60. The fraction of sp³-hybridized carbons (Fsp3) is 0.182. The zero-order chi connectivity index (χ0) is 19.5. The minimum absolute atomic E-state index is 0.179. The topological polar surface area (TPSA) is 72.5 Å². The molecule has 1 aliphatic rings. The Morgan fingerprint density at radius 2 is 1.86 bits per heavy atom. The summed E-state index contributed by atoms with van der Waals surface area (Å²) in [5.74, 6) is 2.12. The first-order valence-electron chi connectivity index (χ1n) is 9.13. The van der Waals surface area contributed by atoms with Crippen LogP contribution in [0.1, 0.15) is 35.7 Å². The average molecular weight is 375 g/mol. The molecule has 0 saturated carbocycles. The van der Waals surface area contributed by atoms with Gasteiger partial charge in [0, 0.05) is 11.3 Å². The van der Waals surface area contributed by atoms with Crippen molar-refractivity contribution in [3.8, 4) is 11.5 Å². The van der Waals surface area contributed by atoms with E-state index in [-0.39, 0.29) is 12.7 Å². The highest BCUT2D eigenvalue weighted by molar-refractivity contribution is 6.04. The first-order valence-corrected chi connectivity index (χ1v) is 9.13. The SMILES string of the molecule is CC(C)c1ccccc1Nc1ccc(NC(=O)c2ccc3c(c2)OCO3)cn1. The van der Waals surface area contributed by atoms with Crippen molar-refractivity contribution < 1.29 is 14.3 Å². The molecule has 0 fully saturated rings. The van der Waals surface area contributed by atoms with Gasteiger partial charge in [-0.15, -0.1) is 0 Å². The lowest BCUT2D eigenvalue weighted by molar-refractivity contribution is 0.102. The minimum atomic E-state index is -0.231. The number of nitrogens with one attached hydrogen (secondary N) is 2. The maximum absolute atomic E-state index is 12.5.